The van der Waals surface area contributed by atoms with Crippen LogP contribution in [-0.2, 0) is 6.61 Å². The zero-order valence-corrected chi connectivity index (χ0v) is 10.7. The molecule has 0 aliphatic carbocycles. The molecule has 0 aliphatic heterocycles. The molecule has 2 N–H and O–H groups in total. The molecule has 18 heavy (non-hydrogen) atoms. The van der Waals surface area contributed by atoms with Crippen LogP contribution in [0.1, 0.15) is 11.1 Å². The highest BCUT2D eigenvalue weighted by molar-refractivity contribution is 6.30. The number of hydrogen-bond acceptors (Lipinski definition) is 2. The average Bonchev–Trinajstić information content (AvgIpc) is 2.35. The van der Waals surface area contributed by atoms with E-state index in [1.165, 1.54) is 6.07 Å². The van der Waals surface area contributed by atoms with Crippen molar-refractivity contribution in [2.24, 2.45) is 0 Å². The third-order valence-corrected chi connectivity index (χ3v) is 2.95. The smallest absolute Gasteiger partial charge is 0.142 e. The number of benzene rings is 2. The largest absolute Gasteiger partial charge is 0.487 e. The van der Waals surface area contributed by atoms with Crippen molar-refractivity contribution >= 4 is 17.3 Å². The summed E-state index contributed by atoms with van der Waals surface area (Å²) >= 11 is 5.70. The van der Waals surface area contributed by atoms with E-state index in [-0.39, 0.29) is 5.02 Å². The van der Waals surface area contributed by atoms with Crippen LogP contribution in [0, 0.1) is 12.7 Å². The lowest BCUT2D eigenvalue weighted by Crippen LogP contribution is -2.00. The van der Waals surface area contributed by atoms with E-state index in [0.717, 1.165) is 11.1 Å². The molecule has 94 valence electrons. The van der Waals surface area contributed by atoms with Gasteiger partial charge in [-0.3, -0.25) is 0 Å². The summed E-state index contributed by atoms with van der Waals surface area (Å²) in [5.41, 5.74) is 8.26. The fourth-order valence-electron chi connectivity index (χ4n) is 1.57. The maximum absolute atomic E-state index is 13.0. The summed E-state index contributed by atoms with van der Waals surface area (Å²) in [5.74, 6) is 0.186. The molecule has 0 spiro atoms. The van der Waals surface area contributed by atoms with Gasteiger partial charge in [0.25, 0.3) is 0 Å². The van der Waals surface area contributed by atoms with Gasteiger partial charge >= 0.3 is 0 Å². The van der Waals surface area contributed by atoms with E-state index in [0.29, 0.717) is 18.0 Å². The van der Waals surface area contributed by atoms with Crippen molar-refractivity contribution in [2.75, 3.05) is 5.73 Å². The first-order valence-corrected chi connectivity index (χ1v) is 5.87. The van der Waals surface area contributed by atoms with Crippen molar-refractivity contribution in [3.05, 3.63) is 58.4 Å². The first kappa shape index (κ1) is 12.7. The predicted octanol–water partition coefficient (Wildman–Crippen LogP) is 3.95. The Hall–Kier alpha value is -1.74. The lowest BCUT2D eigenvalue weighted by atomic mass is 10.2. The third-order valence-electron chi connectivity index (χ3n) is 2.66. The monoisotopic (exact) mass is 265 g/mol. The molecule has 2 aromatic carbocycles. The van der Waals surface area contributed by atoms with Crippen LogP contribution in [0.5, 0.6) is 5.75 Å². The zero-order chi connectivity index (χ0) is 13.1. The maximum atomic E-state index is 13.0. The summed E-state index contributed by atoms with van der Waals surface area (Å²) in [7, 11) is 0. The van der Waals surface area contributed by atoms with Crippen LogP contribution in [0.4, 0.5) is 10.1 Å². The lowest BCUT2D eigenvalue weighted by molar-refractivity contribution is 0.307. The van der Waals surface area contributed by atoms with Crippen LogP contribution in [0.2, 0.25) is 5.02 Å². The third kappa shape index (κ3) is 2.74. The first-order chi connectivity index (χ1) is 8.58. The number of aryl methyl sites for hydroxylation is 1. The van der Waals surface area contributed by atoms with Crippen molar-refractivity contribution in [1.82, 2.24) is 0 Å². The number of halogens is 2. The highest BCUT2D eigenvalue weighted by Gasteiger charge is 2.05. The van der Waals surface area contributed by atoms with E-state index in [1.807, 2.05) is 19.1 Å². The topological polar surface area (TPSA) is 35.2 Å². The Morgan fingerprint density at radius 1 is 1.28 bits per heavy atom. The molecule has 0 aromatic heterocycles. The molecule has 2 rings (SSSR count). The van der Waals surface area contributed by atoms with E-state index in [2.05, 4.69) is 0 Å². The SMILES string of the molecule is Cc1cccc(OCc2ccc(F)c(Cl)c2)c1N. The Labute approximate surface area is 110 Å². The van der Waals surface area contributed by atoms with E-state index in [4.69, 9.17) is 22.1 Å². The molecule has 2 nitrogen and oxygen atoms in total. The molecule has 4 heteroatoms. The lowest BCUT2D eigenvalue weighted by Gasteiger charge is -2.10. The molecule has 0 unspecified atom stereocenters. The van der Waals surface area contributed by atoms with Gasteiger partial charge in [-0.15, -0.1) is 0 Å². The van der Waals surface area contributed by atoms with Crippen molar-refractivity contribution in [1.29, 1.82) is 0 Å². The van der Waals surface area contributed by atoms with Crippen LogP contribution >= 0.6 is 11.6 Å². The normalized spacial score (nSPS) is 10.4. The highest BCUT2D eigenvalue weighted by atomic mass is 35.5. The summed E-state index contributed by atoms with van der Waals surface area (Å²) in [5, 5.41) is 0.0910. The molecule has 0 bridgehead atoms. The van der Waals surface area contributed by atoms with E-state index in [9.17, 15) is 4.39 Å². The Bertz CT molecular complexity index is 572. The summed E-state index contributed by atoms with van der Waals surface area (Å²) in [4.78, 5) is 0. The zero-order valence-electron chi connectivity index (χ0n) is 9.91. The fourth-order valence-corrected chi connectivity index (χ4v) is 1.77. The van der Waals surface area contributed by atoms with E-state index >= 15 is 0 Å². The highest BCUT2D eigenvalue weighted by Crippen LogP contribution is 2.25. The second-order valence-corrected chi connectivity index (χ2v) is 4.43. The molecule has 0 saturated carbocycles. The molecule has 0 saturated heterocycles. The number of hydrogen-bond donors (Lipinski definition) is 1. The van der Waals surface area contributed by atoms with Gasteiger partial charge in [-0.1, -0.05) is 29.8 Å². The van der Waals surface area contributed by atoms with Crippen LogP contribution < -0.4 is 10.5 Å². The minimum absolute atomic E-state index is 0.0910. The number of ether oxygens (including phenoxy) is 1. The van der Waals surface area contributed by atoms with Crippen molar-refractivity contribution in [3.63, 3.8) is 0 Å². The quantitative estimate of drug-likeness (QED) is 0.853. The molecule has 2 aromatic rings. The number of nitrogen functional groups attached to an aromatic ring is 1. The number of rotatable bonds is 3. The number of nitrogens with two attached hydrogens (primary N) is 1. The molecule has 0 amide bonds. The molecule has 0 heterocycles. The predicted molar refractivity (Wildman–Crippen MR) is 71.3 cm³/mol. The van der Waals surface area contributed by atoms with Gasteiger partial charge in [-0.05, 0) is 36.2 Å². The second-order valence-electron chi connectivity index (χ2n) is 4.02. The van der Waals surface area contributed by atoms with Gasteiger partial charge in [0, 0.05) is 0 Å². The van der Waals surface area contributed by atoms with Gasteiger partial charge in [0.15, 0.2) is 0 Å². The molecular formula is C14H13ClFNO. The number of para-hydroxylation sites is 1. The van der Waals surface area contributed by atoms with Crippen molar-refractivity contribution in [2.45, 2.75) is 13.5 Å². The summed E-state index contributed by atoms with van der Waals surface area (Å²) in [6.07, 6.45) is 0. The van der Waals surface area contributed by atoms with Gasteiger partial charge in [0.2, 0.25) is 0 Å². The summed E-state index contributed by atoms with van der Waals surface area (Å²) in [6.45, 7) is 2.21. The van der Waals surface area contributed by atoms with Crippen molar-refractivity contribution in [3.8, 4) is 5.75 Å². The van der Waals surface area contributed by atoms with E-state index < -0.39 is 5.82 Å². The second kappa shape index (κ2) is 5.27. The van der Waals surface area contributed by atoms with Gasteiger partial charge in [-0.25, -0.2) is 4.39 Å². The molecule has 0 aliphatic rings. The Morgan fingerprint density at radius 3 is 2.78 bits per heavy atom. The molecule has 0 fully saturated rings. The van der Waals surface area contributed by atoms with Crippen LogP contribution in [0.25, 0.3) is 0 Å². The minimum Gasteiger partial charge on any atom is -0.487 e. The molecule has 0 radical (unpaired) electrons. The average molecular weight is 266 g/mol. The van der Waals surface area contributed by atoms with E-state index in [1.54, 1.807) is 18.2 Å². The summed E-state index contributed by atoms with van der Waals surface area (Å²) in [6, 6.07) is 10.1. The first-order valence-electron chi connectivity index (χ1n) is 5.50. The summed E-state index contributed by atoms with van der Waals surface area (Å²) < 4.78 is 18.6. The van der Waals surface area contributed by atoms with Gasteiger partial charge in [0.1, 0.15) is 18.2 Å². The van der Waals surface area contributed by atoms with Gasteiger partial charge in [-0.2, -0.15) is 0 Å². The van der Waals surface area contributed by atoms with Crippen LogP contribution in [-0.4, -0.2) is 0 Å². The standard InChI is InChI=1S/C14H13ClFNO/c1-9-3-2-4-13(14(9)17)18-8-10-5-6-12(16)11(15)7-10/h2-7H,8,17H2,1H3. The number of anilines is 1. The van der Waals surface area contributed by atoms with Crippen molar-refractivity contribution < 1.29 is 9.13 Å². The Kier molecular flexibility index (Phi) is 3.72. The Balaban J connectivity index is 2.11. The molecular weight excluding hydrogens is 253 g/mol. The van der Waals surface area contributed by atoms with Gasteiger partial charge < -0.3 is 10.5 Å². The van der Waals surface area contributed by atoms with Crippen LogP contribution in [0.3, 0.4) is 0 Å². The fraction of sp³-hybridized carbons (Fsp3) is 0.143. The maximum Gasteiger partial charge on any atom is 0.142 e. The molecule has 0 atom stereocenters. The Morgan fingerprint density at radius 2 is 2.06 bits per heavy atom. The minimum atomic E-state index is -0.435. The van der Waals surface area contributed by atoms with Gasteiger partial charge in [0.05, 0.1) is 10.7 Å². The van der Waals surface area contributed by atoms with Crippen LogP contribution in [0.15, 0.2) is 36.4 Å².